The highest BCUT2D eigenvalue weighted by Gasteiger charge is 2.10. The molecule has 0 radical (unpaired) electrons. The van der Waals surface area contributed by atoms with Gasteiger partial charge < -0.3 is 5.11 Å². The fraction of sp³-hybridized carbons (Fsp3) is 0.400. The molecule has 3 nitrogen and oxygen atoms in total. The lowest BCUT2D eigenvalue weighted by Gasteiger charge is -2.03. The molecule has 0 aromatic heterocycles. The van der Waals surface area contributed by atoms with Crippen molar-refractivity contribution in [1.29, 1.82) is 0 Å². The van der Waals surface area contributed by atoms with E-state index in [1.807, 2.05) is 24.3 Å². The molecule has 0 saturated carbocycles. The quantitative estimate of drug-likeness (QED) is 0.829. The first kappa shape index (κ1) is 12.9. The average Bonchev–Trinajstić information content (AvgIpc) is 2.18. The lowest BCUT2D eigenvalue weighted by Crippen LogP contribution is -2.10. The van der Waals surface area contributed by atoms with Crippen LogP contribution >= 0.6 is 22.6 Å². The average molecular weight is 340 g/mol. The third-order valence-corrected chi connectivity index (χ3v) is 4.32. The molecule has 1 N–H and O–H groups in total. The van der Waals surface area contributed by atoms with Gasteiger partial charge in [0.05, 0.1) is 11.5 Å². The molecular weight excluding hydrogens is 327 g/mol. The van der Waals surface area contributed by atoms with Crippen molar-refractivity contribution in [1.82, 2.24) is 0 Å². The number of benzene rings is 1. The Bertz CT molecular complexity index is 397. The van der Waals surface area contributed by atoms with Crippen LogP contribution in [0.4, 0.5) is 0 Å². The van der Waals surface area contributed by atoms with Gasteiger partial charge in [-0.2, -0.15) is 0 Å². The number of halogens is 1. The summed E-state index contributed by atoms with van der Waals surface area (Å²) in [6.07, 6.45) is 0.312. The van der Waals surface area contributed by atoms with E-state index in [2.05, 4.69) is 22.6 Å². The Kier molecular flexibility index (Phi) is 5.01. The van der Waals surface area contributed by atoms with Crippen molar-refractivity contribution in [3.63, 3.8) is 0 Å². The van der Waals surface area contributed by atoms with Gasteiger partial charge in [0.15, 0.2) is 9.84 Å². The smallest absolute Gasteiger partial charge is 0.154 e. The van der Waals surface area contributed by atoms with Gasteiger partial charge in [-0.3, -0.25) is 0 Å². The molecule has 0 spiro atoms. The summed E-state index contributed by atoms with van der Waals surface area (Å²) in [5.74, 6) is 0.111. The Labute approximate surface area is 104 Å². The van der Waals surface area contributed by atoms with E-state index < -0.39 is 9.84 Å². The molecule has 0 aliphatic heterocycles. The summed E-state index contributed by atoms with van der Waals surface area (Å²) < 4.78 is 24.1. The van der Waals surface area contributed by atoms with E-state index in [-0.39, 0.29) is 18.1 Å². The molecule has 0 bridgehead atoms. The van der Waals surface area contributed by atoms with Crippen LogP contribution in [0.3, 0.4) is 0 Å². The summed E-state index contributed by atoms with van der Waals surface area (Å²) in [6, 6.07) is 7.41. The number of aliphatic hydroxyl groups is 1. The van der Waals surface area contributed by atoms with Crippen molar-refractivity contribution in [2.24, 2.45) is 0 Å². The minimum Gasteiger partial charge on any atom is -0.396 e. The van der Waals surface area contributed by atoms with E-state index in [1.54, 1.807) is 0 Å². The fourth-order valence-electron chi connectivity index (χ4n) is 1.19. The minimum absolute atomic E-state index is 0.0511. The molecule has 15 heavy (non-hydrogen) atoms. The third kappa shape index (κ3) is 4.94. The van der Waals surface area contributed by atoms with Crippen LogP contribution in [-0.4, -0.2) is 25.9 Å². The normalized spacial score (nSPS) is 11.6. The van der Waals surface area contributed by atoms with Crippen LogP contribution in [0.1, 0.15) is 12.0 Å². The second-order valence-corrected chi connectivity index (χ2v) is 6.73. The van der Waals surface area contributed by atoms with Crippen LogP contribution in [0.2, 0.25) is 0 Å². The second kappa shape index (κ2) is 5.81. The van der Waals surface area contributed by atoms with Crippen LogP contribution in [0.15, 0.2) is 24.3 Å². The lowest BCUT2D eigenvalue weighted by molar-refractivity contribution is 0.295. The Morgan fingerprint density at radius 2 is 1.80 bits per heavy atom. The number of aliphatic hydroxyl groups excluding tert-OH is 1. The van der Waals surface area contributed by atoms with Gasteiger partial charge in [-0.05, 0) is 46.7 Å². The van der Waals surface area contributed by atoms with Gasteiger partial charge in [-0.25, -0.2) is 8.42 Å². The molecule has 0 heterocycles. The largest absolute Gasteiger partial charge is 0.396 e. The molecule has 1 aromatic carbocycles. The topological polar surface area (TPSA) is 54.4 Å². The van der Waals surface area contributed by atoms with Crippen LogP contribution in [-0.2, 0) is 15.6 Å². The van der Waals surface area contributed by atoms with Gasteiger partial charge in [0.25, 0.3) is 0 Å². The van der Waals surface area contributed by atoms with Gasteiger partial charge in [0, 0.05) is 10.2 Å². The fourth-order valence-corrected chi connectivity index (χ4v) is 2.96. The Balaban J connectivity index is 2.65. The zero-order valence-corrected chi connectivity index (χ0v) is 11.2. The number of hydrogen-bond donors (Lipinski definition) is 1. The van der Waals surface area contributed by atoms with Crippen molar-refractivity contribution in [2.75, 3.05) is 12.4 Å². The lowest BCUT2D eigenvalue weighted by atomic mass is 10.2. The summed E-state index contributed by atoms with van der Waals surface area (Å²) in [5, 5.41) is 8.57. The van der Waals surface area contributed by atoms with Gasteiger partial charge >= 0.3 is 0 Å². The van der Waals surface area contributed by atoms with Crippen molar-refractivity contribution >= 4 is 32.4 Å². The maximum Gasteiger partial charge on any atom is 0.154 e. The number of sulfone groups is 1. The van der Waals surface area contributed by atoms with Gasteiger partial charge in [-0.15, -0.1) is 0 Å². The first-order valence-corrected chi connectivity index (χ1v) is 7.49. The first-order chi connectivity index (χ1) is 7.03. The summed E-state index contributed by atoms with van der Waals surface area (Å²) in [7, 11) is -3.07. The second-order valence-electron chi connectivity index (χ2n) is 3.30. The highest BCUT2D eigenvalue weighted by atomic mass is 127. The van der Waals surface area contributed by atoms with Gasteiger partial charge in [-0.1, -0.05) is 12.1 Å². The summed E-state index contributed by atoms with van der Waals surface area (Å²) in [6.45, 7) is -0.0775. The molecule has 1 aromatic rings. The van der Waals surface area contributed by atoms with Crippen LogP contribution in [0.5, 0.6) is 0 Å². The molecule has 0 saturated heterocycles. The van der Waals surface area contributed by atoms with Gasteiger partial charge in [0.1, 0.15) is 0 Å². The molecule has 0 aliphatic rings. The first-order valence-electron chi connectivity index (χ1n) is 4.59. The van der Waals surface area contributed by atoms with Crippen molar-refractivity contribution in [3.05, 3.63) is 33.4 Å². The molecule has 1 rings (SSSR count). The van der Waals surface area contributed by atoms with Gasteiger partial charge in [0.2, 0.25) is 0 Å². The van der Waals surface area contributed by atoms with E-state index in [9.17, 15) is 8.42 Å². The van der Waals surface area contributed by atoms with E-state index in [0.717, 1.165) is 9.13 Å². The van der Waals surface area contributed by atoms with Crippen LogP contribution in [0.25, 0.3) is 0 Å². The zero-order chi connectivity index (χ0) is 11.3. The molecule has 84 valence electrons. The zero-order valence-electron chi connectivity index (χ0n) is 8.19. The molecule has 5 heteroatoms. The monoisotopic (exact) mass is 340 g/mol. The Hall–Kier alpha value is -0.140. The molecule has 0 atom stereocenters. The predicted molar refractivity (Wildman–Crippen MR) is 68.4 cm³/mol. The van der Waals surface area contributed by atoms with E-state index in [0.29, 0.717) is 6.42 Å². The standard InChI is InChI=1S/C10H13IO3S/c11-10-4-2-9(3-5-10)8-15(13,14)7-1-6-12/h2-5,12H,1,6-8H2. The predicted octanol–water partition coefficient (Wildman–Crippen LogP) is 1.59. The maximum absolute atomic E-state index is 11.5. The number of hydrogen-bond acceptors (Lipinski definition) is 3. The summed E-state index contributed by atoms with van der Waals surface area (Å²) >= 11 is 2.17. The summed E-state index contributed by atoms with van der Waals surface area (Å²) in [4.78, 5) is 0. The Morgan fingerprint density at radius 3 is 2.33 bits per heavy atom. The molecule has 0 aliphatic carbocycles. The van der Waals surface area contributed by atoms with Crippen molar-refractivity contribution in [2.45, 2.75) is 12.2 Å². The minimum atomic E-state index is -3.07. The highest BCUT2D eigenvalue weighted by molar-refractivity contribution is 14.1. The SMILES string of the molecule is O=S(=O)(CCCO)Cc1ccc(I)cc1. The van der Waals surface area contributed by atoms with E-state index in [1.165, 1.54) is 0 Å². The molecular formula is C10H13IO3S. The van der Waals surface area contributed by atoms with E-state index >= 15 is 0 Å². The van der Waals surface area contributed by atoms with E-state index in [4.69, 9.17) is 5.11 Å². The highest BCUT2D eigenvalue weighted by Crippen LogP contribution is 2.10. The van der Waals surface area contributed by atoms with Crippen molar-refractivity contribution in [3.8, 4) is 0 Å². The summed E-state index contributed by atoms with van der Waals surface area (Å²) in [5.41, 5.74) is 0.799. The molecule has 0 unspecified atom stereocenters. The van der Waals surface area contributed by atoms with Crippen molar-refractivity contribution < 1.29 is 13.5 Å². The molecule has 0 amide bonds. The molecule has 0 fully saturated rings. The van der Waals surface area contributed by atoms with Crippen LogP contribution in [0, 0.1) is 3.57 Å². The number of rotatable bonds is 5. The van der Waals surface area contributed by atoms with Crippen LogP contribution < -0.4 is 0 Å². The third-order valence-electron chi connectivity index (χ3n) is 1.91. The maximum atomic E-state index is 11.5. The Morgan fingerprint density at radius 1 is 1.20 bits per heavy atom.